The summed E-state index contributed by atoms with van der Waals surface area (Å²) in [5, 5.41) is 0. The molecule has 0 saturated carbocycles. The van der Waals surface area contributed by atoms with Crippen LogP contribution < -0.4 is 23.8 Å². The third kappa shape index (κ3) is 4.77. The highest BCUT2D eigenvalue weighted by Crippen LogP contribution is 2.39. The minimum absolute atomic E-state index is 0.0244. The second kappa shape index (κ2) is 8.90. The molecule has 0 radical (unpaired) electrons. The van der Waals surface area contributed by atoms with E-state index >= 15 is 0 Å². The summed E-state index contributed by atoms with van der Waals surface area (Å²) in [4.78, 5) is 14.8. The molecule has 9 heteroatoms. The number of rotatable bonds is 7. The number of sulfonamides is 1. The zero-order chi connectivity index (χ0) is 23.7. The Morgan fingerprint density at radius 3 is 2.41 bits per heavy atom. The maximum atomic E-state index is 13.1. The Hall–Kier alpha value is -2.94. The van der Waals surface area contributed by atoms with E-state index in [4.69, 9.17) is 14.2 Å². The number of hydrogen-bond acceptors (Lipinski definition) is 6. The Morgan fingerprint density at radius 1 is 1.09 bits per heavy atom. The first-order chi connectivity index (χ1) is 15.0. The molecule has 32 heavy (non-hydrogen) atoms. The van der Waals surface area contributed by atoms with Gasteiger partial charge in [0.1, 0.15) is 12.4 Å². The SMILES string of the molecule is COc1ccc(S(=O)(=O)Nc2ccc3c(c2)OCC(C)(C)C(=O)N3CC(C)C)cc1OC. The summed E-state index contributed by atoms with van der Waals surface area (Å²) in [7, 11) is -0.972. The van der Waals surface area contributed by atoms with Crippen molar-refractivity contribution in [2.24, 2.45) is 11.3 Å². The van der Waals surface area contributed by atoms with E-state index in [1.807, 2.05) is 27.7 Å². The van der Waals surface area contributed by atoms with Crippen LogP contribution in [0.1, 0.15) is 27.7 Å². The molecule has 3 rings (SSSR count). The molecule has 8 nitrogen and oxygen atoms in total. The quantitative estimate of drug-likeness (QED) is 0.670. The van der Waals surface area contributed by atoms with Gasteiger partial charge in [-0.2, -0.15) is 0 Å². The van der Waals surface area contributed by atoms with Crippen molar-refractivity contribution in [3.63, 3.8) is 0 Å². The summed E-state index contributed by atoms with van der Waals surface area (Å²) in [6.45, 7) is 8.49. The third-order valence-electron chi connectivity index (χ3n) is 5.13. The van der Waals surface area contributed by atoms with Crippen molar-refractivity contribution in [1.82, 2.24) is 0 Å². The molecule has 1 aliphatic heterocycles. The lowest BCUT2D eigenvalue weighted by molar-refractivity contribution is -0.127. The molecule has 2 aromatic rings. The fourth-order valence-electron chi connectivity index (χ4n) is 3.46. The van der Waals surface area contributed by atoms with Gasteiger partial charge in [0.05, 0.1) is 35.9 Å². The van der Waals surface area contributed by atoms with E-state index in [-0.39, 0.29) is 23.3 Å². The Bertz CT molecular complexity index is 1110. The van der Waals surface area contributed by atoms with Gasteiger partial charge in [0, 0.05) is 18.7 Å². The Kier molecular flexibility index (Phi) is 6.59. The van der Waals surface area contributed by atoms with Crippen LogP contribution in [0.2, 0.25) is 0 Å². The van der Waals surface area contributed by atoms with Gasteiger partial charge >= 0.3 is 0 Å². The lowest BCUT2D eigenvalue weighted by Gasteiger charge is -2.29. The van der Waals surface area contributed by atoms with Crippen molar-refractivity contribution in [2.45, 2.75) is 32.6 Å². The van der Waals surface area contributed by atoms with E-state index in [0.717, 1.165) is 0 Å². The van der Waals surface area contributed by atoms with Gasteiger partial charge in [0.15, 0.2) is 11.5 Å². The number of methoxy groups -OCH3 is 2. The van der Waals surface area contributed by atoms with Gasteiger partial charge in [0.2, 0.25) is 5.91 Å². The van der Waals surface area contributed by atoms with Crippen LogP contribution in [0.5, 0.6) is 17.2 Å². The number of hydrogen-bond donors (Lipinski definition) is 1. The molecule has 174 valence electrons. The Labute approximate surface area is 189 Å². The minimum Gasteiger partial charge on any atom is -0.493 e. The number of anilines is 2. The molecule has 0 aromatic heterocycles. The van der Waals surface area contributed by atoms with Gasteiger partial charge in [-0.05, 0) is 44.0 Å². The van der Waals surface area contributed by atoms with Gasteiger partial charge in [0.25, 0.3) is 10.0 Å². The average molecular weight is 463 g/mol. The highest BCUT2D eigenvalue weighted by molar-refractivity contribution is 7.92. The summed E-state index contributed by atoms with van der Waals surface area (Å²) in [6.07, 6.45) is 0. The zero-order valence-electron chi connectivity index (χ0n) is 19.3. The van der Waals surface area contributed by atoms with E-state index in [1.165, 1.54) is 32.4 Å². The predicted molar refractivity (Wildman–Crippen MR) is 123 cm³/mol. The monoisotopic (exact) mass is 462 g/mol. The van der Waals surface area contributed by atoms with Gasteiger partial charge < -0.3 is 19.1 Å². The van der Waals surface area contributed by atoms with Gasteiger partial charge in [-0.25, -0.2) is 8.42 Å². The number of nitrogens with one attached hydrogen (secondary N) is 1. The molecule has 1 aliphatic rings. The summed E-state index contributed by atoms with van der Waals surface area (Å²) < 4.78 is 44.8. The molecule has 0 saturated heterocycles. The fourth-order valence-corrected chi connectivity index (χ4v) is 4.52. The van der Waals surface area contributed by atoms with E-state index in [1.54, 1.807) is 23.1 Å². The lowest BCUT2D eigenvalue weighted by Crippen LogP contribution is -2.43. The zero-order valence-corrected chi connectivity index (χ0v) is 20.1. The molecule has 0 unspecified atom stereocenters. The molecule has 2 aromatic carbocycles. The Balaban J connectivity index is 1.95. The van der Waals surface area contributed by atoms with Crippen LogP contribution in [0.3, 0.4) is 0 Å². The molecule has 1 amide bonds. The van der Waals surface area contributed by atoms with Gasteiger partial charge in [-0.1, -0.05) is 13.8 Å². The van der Waals surface area contributed by atoms with Crippen LogP contribution in [0, 0.1) is 11.3 Å². The first-order valence-corrected chi connectivity index (χ1v) is 11.8. The molecule has 0 atom stereocenters. The summed E-state index contributed by atoms with van der Waals surface area (Å²) in [5.74, 6) is 1.43. The summed E-state index contributed by atoms with van der Waals surface area (Å²) in [5.41, 5.74) is 0.256. The summed E-state index contributed by atoms with van der Waals surface area (Å²) in [6, 6.07) is 9.31. The van der Waals surface area contributed by atoms with E-state index in [9.17, 15) is 13.2 Å². The second-order valence-electron chi connectivity index (χ2n) is 8.79. The van der Waals surface area contributed by atoms with Crippen molar-refractivity contribution in [2.75, 3.05) is 37.0 Å². The number of ether oxygens (including phenoxy) is 3. The standard InChI is InChI=1S/C23H30N2O6S/c1-15(2)13-25-18-9-7-16(11-20(18)31-14-23(3,4)22(25)26)24-32(27,28)17-8-10-19(29-5)21(12-17)30-6/h7-12,15,24H,13-14H2,1-6H3. The molecule has 1 heterocycles. The van der Waals surface area contributed by atoms with Crippen LogP contribution in [-0.2, 0) is 14.8 Å². The molecule has 0 spiro atoms. The summed E-state index contributed by atoms with van der Waals surface area (Å²) >= 11 is 0. The number of amides is 1. The number of carbonyl (C=O) groups is 1. The van der Waals surface area contributed by atoms with Crippen LogP contribution in [0.4, 0.5) is 11.4 Å². The molecule has 0 bridgehead atoms. The van der Waals surface area contributed by atoms with Crippen molar-refractivity contribution in [1.29, 1.82) is 0 Å². The van der Waals surface area contributed by atoms with Crippen molar-refractivity contribution in [3.05, 3.63) is 36.4 Å². The van der Waals surface area contributed by atoms with Crippen LogP contribution in [-0.4, -0.2) is 41.7 Å². The molecule has 0 aliphatic carbocycles. The first-order valence-electron chi connectivity index (χ1n) is 10.3. The van der Waals surface area contributed by atoms with Gasteiger partial charge in [-0.3, -0.25) is 9.52 Å². The van der Waals surface area contributed by atoms with Gasteiger partial charge in [-0.15, -0.1) is 0 Å². The predicted octanol–water partition coefficient (Wildman–Crippen LogP) is 3.91. The number of carbonyl (C=O) groups excluding carboxylic acids is 1. The minimum atomic E-state index is -3.89. The van der Waals surface area contributed by atoms with Crippen molar-refractivity contribution in [3.8, 4) is 17.2 Å². The third-order valence-corrected chi connectivity index (χ3v) is 6.51. The number of fused-ring (bicyclic) bond motifs is 1. The topological polar surface area (TPSA) is 94.2 Å². The van der Waals surface area contributed by atoms with E-state index < -0.39 is 15.4 Å². The normalized spacial score (nSPS) is 15.6. The molecular weight excluding hydrogens is 432 g/mol. The maximum absolute atomic E-state index is 13.1. The molecule has 0 fully saturated rings. The second-order valence-corrected chi connectivity index (χ2v) is 10.5. The smallest absolute Gasteiger partial charge is 0.262 e. The molecular formula is C23H30N2O6S. The van der Waals surface area contributed by atoms with Crippen LogP contribution in [0.25, 0.3) is 0 Å². The largest absolute Gasteiger partial charge is 0.493 e. The lowest BCUT2D eigenvalue weighted by atomic mass is 9.92. The maximum Gasteiger partial charge on any atom is 0.262 e. The van der Waals surface area contributed by atoms with E-state index in [2.05, 4.69) is 4.72 Å². The van der Waals surface area contributed by atoms with Crippen LogP contribution in [0.15, 0.2) is 41.3 Å². The van der Waals surface area contributed by atoms with E-state index in [0.29, 0.717) is 35.2 Å². The highest BCUT2D eigenvalue weighted by atomic mass is 32.2. The number of nitrogens with zero attached hydrogens (tertiary/aromatic N) is 1. The van der Waals surface area contributed by atoms with Crippen molar-refractivity contribution >= 4 is 27.3 Å². The van der Waals surface area contributed by atoms with Crippen LogP contribution >= 0.6 is 0 Å². The number of benzene rings is 2. The fraction of sp³-hybridized carbons (Fsp3) is 0.435. The first kappa shape index (κ1) is 23.7. The average Bonchev–Trinajstić information content (AvgIpc) is 2.82. The Morgan fingerprint density at radius 2 is 1.78 bits per heavy atom. The molecule has 1 N–H and O–H groups in total. The van der Waals surface area contributed by atoms with Crippen molar-refractivity contribution < 1.29 is 27.4 Å². The highest BCUT2D eigenvalue weighted by Gasteiger charge is 2.38.